The fraction of sp³-hybridized carbons (Fsp3) is 0.462. The largest absolute Gasteiger partial charge is 0.381 e. The highest BCUT2D eigenvalue weighted by molar-refractivity contribution is 7.99. The molecule has 2 N–H and O–H groups in total. The van der Waals surface area contributed by atoms with Crippen molar-refractivity contribution in [2.45, 2.75) is 18.9 Å². The van der Waals surface area contributed by atoms with Crippen molar-refractivity contribution >= 4 is 23.4 Å². The van der Waals surface area contributed by atoms with Crippen LogP contribution in [0.2, 0.25) is 0 Å². The summed E-state index contributed by atoms with van der Waals surface area (Å²) in [4.78, 5) is 11.5. The van der Waals surface area contributed by atoms with Gasteiger partial charge in [0.15, 0.2) is 0 Å². The van der Waals surface area contributed by atoms with E-state index in [0.717, 1.165) is 11.4 Å². The van der Waals surface area contributed by atoms with Gasteiger partial charge in [-0.1, -0.05) is 6.07 Å². The third-order valence-electron chi connectivity index (χ3n) is 2.88. The molecule has 17 heavy (non-hydrogen) atoms. The van der Waals surface area contributed by atoms with E-state index in [-0.39, 0.29) is 5.91 Å². The Morgan fingerprint density at radius 1 is 1.47 bits per heavy atom. The number of thioether (sulfide) groups is 1. The van der Waals surface area contributed by atoms with Gasteiger partial charge in [-0.25, -0.2) is 0 Å². The molecule has 1 aromatic rings. The maximum absolute atomic E-state index is 11.5. The van der Waals surface area contributed by atoms with Crippen molar-refractivity contribution in [1.29, 1.82) is 0 Å². The molecule has 3 nitrogen and oxygen atoms in total. The van der Waals surface area contributed by atoms with E-state index in [4.69, 9.17) is 0 Å². The number of benzene rings is 1. The SMILES string of the molecule is CNC(=O)c1cccc(NC2CCCSC2)c1. The highest BCUT2D eigenvalue weighted by atomic mass is 32.2. The standard InChI is InChI=1S/C13H18N2OS/c1-14-13(16)10-4-2-5-11(8-10)15-12-6-3-7-17-9-12/h2,4-5,8,12,15H,3,6-7,9H2,1H3,(H,14,16). The predicted octanol–water partition coefficient (Wildman–Crippen LogP) is 2.35. The van der Waals surface area contributed by atoms with E-state index in [1.165, 1.54) is 18.6 Å². The van der Waals surface area contributed by atoms with Crippen LogP contribution in [0.25, 0.3) is 0 Å². The molecule has 0 spiro atoms. The van der Waals surface area contributed by atoms with Crippen LogP contribution in [0, 0.1) is 0 Å². The molecule has 1 amide bonds. The lowest BCUT2D eigenvalue weighted by Gasteiger charge is -2.23. The third-order valence-corrected chi connectivity index (χ3v) is 4.10. The summed E-state index contributed by atoms with van der Waals surface area (Å²) in [6.07, 6.45) is 2.49. The first kappa shape index (κ1) is 12.3. The van der Waals surface area contributed by atoms with E-state index < -0.39 is 0 Å². The summed E-state index contributed by atoms with van der Waals surface area (Å²) in [5.74, 6) is 2.40. The lowest BCUT2D eigenvalue weighted by Crippen LogP contribution is -2.26. The van der Waals surface area contributed by atoms with E-state index in [1.54, 1.807) is 7.05 Å². The zero-order valence-corrected chi connectivity index (χ0v) is 10.8. The van der Waals surface area contributed by atoms with Gasteiger partial charge in [-0.3, -0.25) is 4.79 Å². The van der Waals surface area contributed by atoms with Crippen molar-refractivity contribution in [1.82, 2.24) is 5.32 Å². The van der Waals surface area contributed by atoms with Gasteiger partial charge < -0.3 is 10.6 Å². The van der Waals surface area contributed by atoms with Gasteiger partial charge in [0, 0.05) is 30.1 Å². The highest BCUT2D eigenvalue weighted by Gasteiger charge is 2.13. The van der Waals surface area contributed by atoms with Crippen molar-refractivity contribution in [3.05, 3.63) is 29.8 Å². The molecule has 0 radical (unpaired) electrons. The summed E-state index contributed by atoms with van der Waals surface area (Å²) in [6, 6.07) is 8.22. The minimum atomic E-state index is -0.0355. The van der Waals surface area contributed by atoms with Gasteiger partial charge in [0.05, 0.1) is 0 Å². The molecule has 0 aliphatic carbocycles. The van der Waals surface area contributed by atoms with Crippen molar-refractivity contribution in [3.8, 4) is 0 Å². The molecule has 0 bridgehead atoms. The molecule has 2 rings (SSSR count). The fourth-order valence-corrected chi connectivity index (χ4v) is 3.06. The zero-order valence-electron chi connectivity index (χ0n) is 10.0. The van der Waals surface area contributed by atoms with Gasteiger partial charge in [0.2, 0.25) is 0 Å². The Morgan fingerprint density at radius 2 is 2.35 bits per heavy atom. The van der Waals surface area contributed by atoms with E-state index >= 15 is 0 Å². The molecule has 0 saturated carbocycles. The molecular formula is C13H18N2OS. The lowest BCUT2D eigenvalue weighted by atomic mass is 10.1. The maximum atomic E-state index is 11.5. The number of anilines is 1. The Hall–Kier alpha value is -1.16. The normalized spacial score (nSPS) is 19.7. The van der Waals surface area contributed by atoms with E-state index in [0.29, 0.717) is 11.6 Å². The smallest absolute Gasteiger partial charge is 0.251 e. The second-order valence-electron chi connectivity index (χ2n) is 4.22. The quantitative estimate of drug-likeness (QED) is 0.865. The first-order valence-electron chi connectivity index (χ1n) is 5.96. The fourth-order valence-electron chi connectivity index (χ4n) is 1.98. The molecule has 0 aromatic heterocycles. The minimum Gasteiger partial charge on any atom is -0.381 e. The molecule has 1 fully saturated rings. The van der Waals surface area contributed by atoms with Crippen LogP contribution >= 0.6 is 11.8 Å². The average Bonchev–Trinajstić information content (AvgIpc) is 2.39. The Bertz CT molecular complexity index is 389. The Morgan fingerprint density at radius 3 is 3.06 bits per heavy atom. The van der Waals surface area contributed by atoms with Crippen LogP contribution in [0.3, 0.4) is 0 Å². The monoisotopic (exact) mass is 250 g/mol. The molecule has 1 aromatic carbocycles. The number of rotatable bonds is 3. The van der Waals surface area contributed by atoms with Gasteiger partial charge >= 0.3 is 0 Å². The van der Waals surface area contributed by atoms with Gasteiger partial charge in [-0.2, -0.15) is 11.8 Å². The maximum Gasteiger partial charge on any atom is 0.251 e. The van der Waals surface area contributed by atoms with Crippen LogP contribution < -0.4 is 10.6 Å². The average molecular weight is 250 g/mol. The summed E-state index contributed by atoms with van der Waals surface area (Å²) in [5, 5.41) is 6.14. The summed E-state index contributed by atoms with van der Waals surface area (Å²) >= 11 is 2.00. The lowest BCUT2D eigenvalue weighted by molar-refractivity contribution is 0.0963. The molecule has 4 heteroatoms. The van der Waals surface area contributed by atoms with Crippen LogP contribution in [-0.2, 0) is 0 Å². The second kappa shape index (κ2) is 5.96. The first-order chi connectivity index (χ1) is 8.29. The van der Waals surface area contributed by atoms with Crippen molar-refractivity contribution in [2.24, 2.45) is 0 Å². The van der Waals surface area contributed by atoms with Crippen LogP contribution in [0.15, 0.2) is 24.3 Å². The Labute approximate surface area is 106 Å². The molecule has 1 heterocycles. The number of hydrogen-bond acceptors (Lipinski definition) is 3. The van der Waals surface area contributed by atoms with Gasteiger partial charge in [0.1, 0.15) is 0 Å². The van der Waals surface area contributed by atoms with Gasteiger partial charge in [-0.05, 0) is 36.8 Å². The van der Waals surface area contributed by atoms with Crippen molar-refractivity contribution in [2.75, 3.05) is 23.9 Å². The molecule has 1 atom stereocenters. The van der Waals surface area contributed by atoms with E-state index in [2.05, 4.69) is 10.6 Å². The van der Waals surface area contributed by atoms with E-state index in [9.17, 15) is 4.79 Å². The van der Waals surface area contributed by atoms with Crippen LogP contribution in [0.4, 0.5) is 5.69 Å². The topological polar surface area (TPSA) is 41.1 Å². The van der Waals surface area contributed by atoms with Crippen LogP contribution in [0.1, 0.15) is 23.2 Å². The summed E-state index contributed by atoms with van der Waals surface area (Å²) < 4.78 is 0. The number of carbonyl (C=O) groups excluding carboxylic acids is 1. The molecule has 1 aliphatic rings. The number of carbonyl (C=O) groups is 1. The molecule has 92 valence electrons. The molecule has 1 aliphatic heterocycles. The van der Waals surface area contributed by atoms with Crippen LogP contribution in [0.5, 0.6) is 0 Å². The highest BCUT2D eigenvalue weighted by Crippen LogP contribution is 2.21. The number of hydrogen-bond donors (Lipinski definition) is 2. The van der Waals surface area contributed by atoms with E-state index in [1.807, 2.05) is 36.0 Å². The third kappa shape index (κ3) is 3.40. The predicted molar refractivity (Wildman–Crippen MR) is 73.8 cm³/mol. The number of nitrogens with one attached hydrogen (secondary N) is 2. The van der Waals surface area contributed by atoms with Crippen molar-refractivity contribution in [3.63, 3.8) is 0 Å². The molecule has 1 unspecified atom stereocenters. The van der Waals surface area contributed by atoms with Gasteiger partial charge in [-0.15, -0.1) is 0 Å². The summed E-state index contributed by atoms with van der Waals surface area (Å²) in [6.45, 7) is 0. The van der Waals surface area contributed by atoms with Gasteiger partial charge in [0.25, 0.3) is 5.91 Å². The molecule has 1 saturated heterocycles. The summed E-state index contributed by atoms with van der Waals surface area (Å²) in [5.41, 5.74) is 1.75. The molecular weight excluding hydrogens is 232 g/mol. The number of amides is 1. The zero-order chi connectivity index (χ0) is 12.1. The Balaban J connectivity index is 2.02. The van der Waals surface area contributed by atoms with Crippen molar-refractivity contribution < 1.29 is 4.79 Å². The first-order valence-corrected chi connectivity index (χ1v) is 7.11. The second-order valence-corrected chi connectivity index (χ2v) is 5.37. The Kier molecular flexibility index (Phi) is 4.31. The summed E-state index contributed by atoms with van der Waals surface area (Å²) in [7, 11) is 1.65. The van der Waals surface area contributed by atoms with Crippen LogP contribution in [-0.4, -0.2) is 30.5 Å². The minimum absolute atomic E-state index is 0.0355.